The van der Waals surface area contributed by atoms with Crippen LogP contribution in [0.25, 0.3) is 0 Å². The first-order valence-corrected chi connectivity index (χ1v) is 6.40. The molecule has 1 aromatic rings. The zero-order chi connectivity index (χ0) is 10.8. The molecule has 2 atom stereocenters. The van der Waals surface area contributed by atoms with Crippen LogP contribution in [0.3, 0.4) is 0 Å². The smallest absolute Gasteiger partial charge is 0.128 e. The summed E-state index contributed by atoms with van der Waals surface area (Å²) in [4.78, 5) is 6.64. The lowest BCUT2D eigenvalue weighted by atomic mass is 9.99. The molecule has 0 N–H and O–H groups in total. The Morgan fingerprint density at radius 1 is 1.53 bits per heavy atom. The van der Waals surface area contributed by atoms with Gasteiger partial charge in [-0.25, -0.2) is 4.98 Å². The standard InChI is InChI=1S/C11H14BrClN2/c1-8-4-5-15(7-10(8)13)11-3-2-9(12)6-14-11/h2-3,6,8,10H,4-5,7H2,1H3. The SMILES string of the molecule is CC1CCN(c2ccc(Br)cn2)CC1Cl. The molecule has 2 heterocycles. The van der Waals surface area contributed by atoms with Crippen molar-refractivity contribution in [1.29, 1.82) is 0 Å². The fourth-order valence-corrected chi connectivity index (χ4v) is 2.31. The predicted molar refractivity (Wildman–Crippen MR) is 67.6 cm³/mol. The minimum Gasteiger partial charge on any atom is -0.355 e. The van der Waals surface area contributed by atoms with E-state index in [2.05, 4.69) is 32.7 Å². The Morgan fingerprint density at radius 3 is 2.93 bits per heavy atom. The molecule has 2 unspecified atom stereocenters. The zero-order valence-electron chi connectivity index (χ0n) is 8.66. The summed E-state index contributed by atoms with van der Waals surface area (Å²) in [5.41, 5.74) is 0. The topological polar surface area (TPSA) is 16.1 Å². The first-order chi connectivity index (χ1) is 7.16. The van der Waals surface area contributed by atoms with Crippen molar-refractivity contribution >= 4 is 33.3 Å². The number of alkyl halides is 1. The van der Waals surface area contributed by atoms with E-state index < -0.39 is 0 Å². The van der Waals surface area contributed by atoms with Crippen molar-refractivity contribution in [2.45, 2.75) is 18.7 Å². The summed E-state index contributed by atoms with van der Waals surface area (Å²) in [7, 11) is 0. The maximum atomic E-state index is 6.26. The van der Waals surface area contributed by atoms with Crippen molar-refractivity contribution in [3.8, 4) is 0 Å². The number of piperidine rings is 1. The van der Waals surface area contributed by atoms with Gasteiger partial charge in [0.05, 0.1) is 5.38 Å². The third kappa shape index (κ3) is 2.64. The van der Waals surface area contributed by atoms with E-state index in [-0.39, 0.29) is 5.38 Å². The van der Waals surface area contributed by atoms with E-state index in [0.717, 1.165) is 29.8 Å². The van der Waals surface area contributed by atoms with Crippen molar-refractivity contribution in [3.05, 3.63) is 22.8 Å². The molecular formula is C11H14BrClN2. The molecule has 0 radical (unpaired) electrons. The molecule has 1 saturated heterocycles. The highest BCUT2D eigenvalue weighted by molar-refractivity contribution is 9.10. The monoisotopic (exact) mass is 288 g/mol. The van der Waals surface area contributed by atoms with E-state index in [4.69, 9.17) is 11.6 Å². The molecular weight excluding hydrogens is 275 g/mol. The molecule has 0 spiro atoms. The van der Waals surface area contributed by atoms with Gasteiger partial charge in [0.25, 0.3) is 0 Å². The van der Waals surface area contributed by atoms with Gasteiger partial charge in [-0.15, -0.1) is 11.6 Å². The van der Waals surface area contributed by atoms with Crippen LogP contribution >= 0.6 is 27.5 Å². The molecule has 4 heteroatoms. The van der Waals surface area contributed by atoms with Gasteiger partial charge in [-0.3, -0.25) is 0 Å². The second-order valence-electron chi connectivity index (χ2n) is 4.06. The first-order valence-electron chi connectivity index (χ1n) is 5.17. The lowest BCUT2D eigenvalue weighted by Crippen LogP contribution is -2.40. The molecule has 1 aliphatic heterocycles. The summed E-state index contributed by atoms with van der Waals surface area (Å²) in [5, 5.41) is 0.240. The van der Waals surface area contributed by atoms with Crippen molar-refractivity contribution in [2.75, 3.05) is 18.0 Å². The van der Waals surface area contributed by atoms with Gasteiger partial charge in [0, 0.05) is 23.8 Å². The highest BCUT2D eigenvalue weighted by atomic mass is 79.9. The van der Waals surface area contributed by atoms with Crippen LogP contribution in [0.5, 0.6) is 0 Å². The van der Waals surface area contributed by atoms with Crippen LogP contribution in [0.1, 0.15) is 13.3 Å². The molecule has 15 heavy (non-hydrogen) atoms. The lowest BCUT2D eigenvalue weighted by Gasteiger charge is -2.34. The number of hydrogen-bond donors (Lipinski definition) is 0. The van der Waals surface area contributed by atoms with Crippen molar-refractivity contribution in [3.63, 3.8) is 0 Å². The Kier molecular flexibility index (Phi) is 3.52. The maximum absolute atomic E-state index is 6.26. The van der Waals surface area contributed by atoms with Gasteiger partial charge < -0.3 is 4.90 Å². The number of rotatable bonds is 1. The van der Waals surface area contributed by atoms with Crippen LogP contribution in [0.2, 0.25) is 0 Å². The molecule has 0 aliphatic carbocycles. The third-order valence-corrected chi connectivity index (χ3v) is 3.94. The molecule has 2 rings (SSSR count). The molecule has 1 aliphatic rings. The molecule has 2 nitrogen and oxygen atoms in total. The second-order valence-corrected chi connectivity index (χ2v) is 5.54. The fraction of sp³-hybridized carbons (Fsp3) is 0.545. The van der Waals surface area contributed by atoms with Crippen LogP contribution in [0.4, 0.5) is 5.82 Å². The van der Waals surface area contributed by atoms with Gasteiger partial charge in [0.1, 0.15) is 5.82 Å². The maximum Gasteiger partial charge on any atom is 0.128 e. The summed E-state index contributed by atoms with van der Waals surface area (Å²) < 4.78 is 1.01. The van der Waals surface area contributed by atoms with Gasteiger partial charge in [-0.2, -0.15) is 0 Å². The van der Waals surface area contributed by atoms with Crippen LogP contribution in [-0.4, -0.2) is 23.5 Å². The Hall–Kier alpha value is -0.280. The summed E-state index contributed by atoms with van der Waals surface area (Å²) >= 11 is 9.65. The number of anilines is 1. The minimum absolute atomic E-state index is 0.240. The Bertz CT molecular complexity index is 328. The number of aromatic nitrogens is 1. The number of halogens is 2. The summed E-state index contributed by atoms with van der Waals surface area (Å²) in [6, 6.07) is 4.05. The predicted octanol–water partition coefficient (Wildman–Crippen LogP) is 3.30. The minimum atomic E-state index is 0.240. The number of hydrogen-bond acceptors (Lipinski definition) is 2. The summed E-state index contributed by atoms with van der Waals surface area (Å²) in [6.45, 7) is 4.17. The van der Waals surface area contributed by atoms with Crippen LogP contribution < -0.4 is 4.90 Å². The van der Waals surface area contributed by atoms with Gasteiger partial charge in [0.15, 0.2) is 0 Å². The van der Waals surface area contributed by atoms with Gasteiger partial charge in [0.2, 0.25) is 0 Å². The Balaban J connectivity index is 2.08. The van der Waals surface area contributed by atoms with Crippen LogP contribution in [0.15, 0.2) is 22.8 Å². The Morgan fingerprint density at radius 2 is 2.33 bits per heavy atom. The Labute approximate surface area is 104 Å². The van der Waals surface area contributed by atoms with Crippen molar-refractivity contribution < 1.29 is 0 Å². The van der Waals surface area contributed by atoms with Gasteiger partial charge >= 0.3 is 0 Å². The van der Waals surface area contributed by atoms with Crippen molar-refractivity contribution in [1.82, 2.24) is 4.98 Å². The van der Waals surface area contributed by atoms with E-state index in [9.17, 15) is 0 Å². The lowest BCUT2D eigenvalue weighted by molar-refractivity contribution is 0.444. The second kappa shape index (κ2) is 4.71. The highest BCUT2D eigenvalue weighted by Crippen LogP contribution is 2.25. The van der Waals surface area contributed by atoms with Crippen LogP contribution in [-0.2, 0) is 0 Å². The fourth-order valence-electron chi connectivity index (χ4n) is 1.79. The molecule has 82 valence electrons. The highest BCUT2D eigenvalue weighted by Gasteiger charge is 2.24. The van der Waals surface area contributed by atoms with Crippen molar-refractivity contribution in [2.24, 2.45) is 5.92 Å². The molecule has 1 fully saturated rings. The molecule has 0 amide bonds. The van der Waals surface area contributed by atoms with E-state index in [0.29, 0.717) is 5.92 Å². The number of pyridine rings is 1. The quantitative estimate of drug-likeness (QED) is 0.738. The normalized spacial score (nSPS) is 26.7. The molecule has 0 bridgehead atoms. The average molecular weight is 290 g/mol. The summed E-state index contributed by atoms with van der Waals surface area (Å²) in [5.74, 6) is 1.63. The van der Waals surface area contributed by atoms with E-state index in [1.807, 2.05) is 18.3 Å². The largest absolute Gasteiger partial charge is 0.355 e. The van der Waals surface area contributed by atoms with Gasteiger partial charge in [-0.05, 0) is 40.4 Å². The molecule has 0 saturated carbocycles. The van der Waals surface area contributed by atoms with E-state index >= 15 is 0 Å². The van der Waals surface area contributed by atoms with E-state index in [1.165, 1.54) is 0 Å². The zero-order valence-corrected chi connectivity index (χ0v) is 11.0. The van der Waals surface area contributed by atoms with Crippen LogP contribution in [0, 0.1) is 5.92 Å². The summed E-state index contributed by atoms with van der Waals surface area (Å²) in [6.07, 6.45) is 2.97. The number of nitrogens with zero attached hydrogens (tertiary/aromatic N) is 2. The van der Waals surface area contributed by atoms with Gasteiger partial charge in [-0.1, -0.05) is 6.92 Å². The molecule has 1 aromatic heterocycles. The third-order valence-electron chi connectivity index (χ3n) is 2.90. The molecule has 0 aromatic carbocycles. The first kappa shape index (κ1) is 11.2. The average Bonchev–Trinajstić information content (AvgIpc) is 2.23. The van der Waals surface area contributed by atoms with E-state index in [1.54, 1.807) is 0 Å².